The fraction of sp³-hybridized carbons (Fsp3) is 0.116. The number of hydrogen-bond donors (Lipinski definition) is 0. The van der Waals surface area contributed by atoms with Crippen LogP contribution in [0.2, 0.25) is 0 Å². The molecule has 0 bridgehead atoms. The van der Waals surface area contributed by atoms with Gasteiger partial charge in [0, 0.05) is 46.0 Å². The maximum Gasteiger partial charge on any atom is 0.136 e. The summed E-state index contributed by atoms with van der Waals surface area (Å²) in [4.78, 5) is 8.78. The molecule has 3 heterocycles. The second-order valence-electron chi connectivity index (χ2n) is 12.2. The first-order valence-corrected chi connectivity index (χ1v) is 15.4. The molecule has 0 aliphatic carbocycles. The standard InChI is InChI=1S/C32H26NO.C11H8N.Ir/c1-32(2,3)20-21-16-17-33-28(18-21)23-9-6-8-22(19-23)24-11-7-12-26-25(24)14-15-30-31(26)27-10-4-5-13-29(27)34-30;1-2-6-10(7-3-1)11-8-4-5-9-12-11;/h4-8,10-19H,20H2,1-3H3;1-6,8-9H;/q2*-1;/i20D2;;. The first-order valence-electron chi connectivity index (χ1n) is 16.4. The van der Waals surface area contributed by atoms with E-state index in [4.69, 9.17) is 7.16 Å². The molecular weight excluding hydrogens is 753 g/mol. The number of rotatable bonds is 4. The monoisotopic (exact) mass is 789 g/mol. The van der Waals surface area contributed by atoms with Crippen LogP contribution in [0.3, 0.4) is 0 Å². The number of furan rings is 1. The maximum atomic E-state index is 8.68. The summed E-state index contributed by atoms with van der Waals surface area (Å²) in [5, 5.41) is 4.56. The van der Waals surface area contributed by atoms with Crippen molar-refractivity contribution in [2.75, 3.05) is 0 Å². The minimum absolute atomic E-state index is 0. The number of aromatic nitrogens is 2. The second kappa shape index (κ2) is 13.8. The summed E-state index contributed by atoms with van der Waals surface area (Å²) in [6.45, 7) is 5.75. The van der Waals surface area contributed by atoms with Crippen LogP contribution in [0.5, 0.6) is 0 Å². The maximum absolute atomic E-state index is 8.68. The van der Waals surface area contributed by atoms with Crippen molar-refractivity contribution in [1.82, 2.24) is 9.97 Å². The summed E-state index contributed by atoms with van der Waals surface area (Å²) >= 11 is 0. The van der Waals surface area contributed by atoms with Gasteiger partial charge in [0.05, 0.1) is 0 Å². The summed E-state index contributed by atoms with van der Waals surface area (Å²) in [6, 6.07) is 48.5. The fourth-order valence-corrected chi connectivity index (χ4v) is 5.78. The molecule has 0 aliphatic heterocycles. The van der Waals surface area contributed by atoms with E-state index in [2.05, 4.69) is 70.6 Å². The normalized spacial score (nSPS) is 12.1. The van der Waals surface area contributed by atoms with E-state index in [1.807, 2.05) is 93.6 Å². The molecule has 4 heteroatoms. The zero-order valence-electron chi connectivity index (χ0n) is 28.4. The van der Waals surface area contributed by atoms with Gasteiger partial charge in [-0.15, -0.1) is 71.3 Å². The van der Waals surface area contributed by atoms with Crippen molar-refractivity contribution in [2.45, 2.75) is 27.1 Å². The Labute approximate surface area is 292 Å². The van der Waals surface area contributed by atoms with Crippen LogP contribution in [-0.4, -0.2) is 9.97 Å². The molecule has 0 unspecified atom stereocenters. The number of fused-ring (bicyclic) bond motifs is 5. The van der Waals surface area contributed by atoms with Gasteiger partial charge in [0.25, 0.3) is 0 Å². The van der Waals surface area contributed by atoms with Crippen LogP contribution in [0, 0.1) is 17.5 Å². The molecule has 0 fully saturated rings. The topological polar surface area (TPSA) is 38.9 Å². The Morgan fingerprint density at radius 2 is 1.43 bits per heavy atom. The number of nitrogens with zero attached hydrogens (tertiary/aromatic N) is 2. The van der Waals surface area contributed by atoms with Gasteiger partial charge in [-0.1, -0.05) is 87.0 Å². The van der Waals surface area contributed by atoms with Gasteiger partial charge >= 0.3 is 0 Å². The predicted molar refractivity (Wildman–Crippen MR) is 190 cm³/mol. The molecule has 0 saturated carbocycles. The molecule has 0 spiro atoms. The smallest absolute Gasteiger partial charge is 0.136 e. The van der Waals surface area contributed by atoms with E-state index in [1.165, 1.54) is 0 Å². The van der Waals surface area contributed by atoms with Gasteiger partial charge < -0.3 is 14.4 Å². The van der Waals surface area contributed by atoms with Crippen molar-refractivity contribution in [3.63, 3.8) is 0 Å². The Kier molecular flexibility index (Phi) is 8.69. The average Bonchev–Trinajstić information content (AvgIpc) is 3.51. The van der Waals surface area contributed by atoms with E-state index < -0.39 is 11.8 Å². The zero-order valence-corrected chi connectivity index (χ0v) is 28.8. The van der Waals surface area contributed by atoms with E-state index in [-0.39, 0.29) is 20.1 Å². The van der Waals surface area contributed by atoms with Gasteiger partial charge in [0.1, 0.15) is 11.2 Å². The zero-order chi connectivity index (χ0) is 33.3. The molecule has 233 valence electrons. The Balaban J connectivity index is 0.000000270. The van der Waals surface area contributed by atoms with Gasteiger partial charge in [-0.3, -0.25) is 0 Å². The van der Waals surface area contributed by atoms with E-state index >= 15 is 0 Å². The molecule has 0 amide bonds. The van der Waals surface area contributed by atoms with Gasteiger partial charge in [-0.2, -0.15) is 0 Å². The molecule has 8 aromatic rings. The number of hydrogen-bond acceptors (Lipinski definition) is 3. The third kappa shape index (κ3) is 7.10. The van der Waals surface area contributed by atoms with Crippen molar-refractivity contribution < 1.29 is 27.3 Å². The molecule has 1 radical (unpaired) electrons. The molecule has 47 heavy (non-hydrogen) atoms. The minimum Gasteiger partial charge on any atom is -0.456 e. The Morgan fingerprint density at radius 3 is 2.23 bits per heavy atom. The predicted octanol–water partition coefficient (Wildman–Crippen LogP) is 11.4. The first-order chi connectivity index (χ1) is 23.2. The van der Waals surface area contributed by atoms with Gasteiger partial charge in [0.15, 0.2) is 0 Å². The molecule has 3 nitrogen and oxygen atoms in total. The SMILES string of the molecule is [2H]C([2H])(c1ccnc(-c2[c-]ccc(-c3cccc4c3ccc3oc5ccccc5c34)c2)c1)C(C)(C)C.[Ir].[c-]1ccccc1-c1ccccn1. The Hall–Kier alpha value is -4.89. The number of pyridine rings is 2. The summed E-state index contributed by atoms with van der Waals surface area (Å²) in [6.07, 6.45) is 1.99. The molecular formula is C43H34IrN2O-2. The van der Waals surface area contributed by atoms with Crippen LogP contribution >= 0.6 is 0 Å². The molecule has 0 atom stereocenters. The van der Waals surface area contributed by atoms with E-state index in [0.29, 0.717) is 11.3 Å². The fourth-order valence-electron chi connectivity index (χ4n) is 5.78. The van der Waals surface area contributed by atoms with Crippen LogP contribution in [-0.2, 0) is 26.5 Å². The number of benzene rings is 5. The summed E-state index contributed by atoms with van der Waals surface area (Å²) < 4.78 is 23.5. The van der Waals surface area contributed by atoms with Crippen LogP contribution in [0.1, 0.15) is 29.1 Å². The van der Waals surface area contributed by atoms with Crippen molar-refractivity contribution in [1.29, 1.82) is 0 Å². The van der Waals surface area contributed by atoms with Crippen molar-refractivity contribution in [3.05, 3.63) is 157 Å². The van der Waals surface area contributed by atoms with E-state index in [0.717, 1.165) is 60.7 Å². The quantitative estimate of drug-likeness (QED) is 0.167. The van der Waals surface area contributed by atoms with Crippen molar-refractivity contribution in [3.8, 4) is 33.6 Å². The third-order valence-electron chi connectivity index (χ3n) is 7.72. The Bertz CT molecular complexity index is 2330. The van der Waals surface area contributed by atoms with Crippen LogP contribution < -0.4 is 0 Å². The first kappa shape index (κ1) is 29.5. The van der Waals surface area contributed by atoms with Crippen molar-refractivity contribution in [2.24, 2.45) is 5.41 Å². The summed E-state index contributed by atoms with van der Waals surface area (Å²) in [5.41, 5.74) is 7.61. The van der Waals surface area contributed by atoms with Crippen LogP contribution in [0.4, 0.5) is 0 Å². The number of para-hydroxylation sites is 1. The van der Waals surface area contributed by atoms with Gasteiger partial charge in [-0.25, -0.2) is 0 Å². The molecule has 5 aromatic carbocycles. The molecule has 8 rings (SSSR count). The van der Waals surface area contributed by atoms with E-state index in [1.54, 1.807) is 18.5 Å². The van der Waals surface area contributed by atoms with Gasteiger partial charge in [0.2, 0.25) is 0 Å². The molecule has 0 N–H and O–H groups in total. The second-order valence-corrected chi connectivity index (χ2v) is 12.2. The summed E-state index contributed by atoms with van der Waals surface area (Å²) in [7, 11) is 0. The molecule has 0 aliphatic rings. The molecule has 3 aromatic heterocycles. The summed E-state index contributed by atoms with van der Waals surface area (Å²) in [5.74, 6) is 0. The van der Waals surface area contributed by atoms with Crippen molar-refractivity contribution >= 4 is 32.7 Å². The van der Waals surface area contributed by atoms with Crippen LogP contribution in [0.25, 0.3) is 66.4 Å². The Morgan fingerprint density at radius 1 is 0.638 bits per heavy atom. The largest absolute Gasteiger partial charge is 0.456 e. The van der Waals surface area contributed by atoms with Gasteiger partial charge in [-0.05, 0) is 63.8 Å². The average molecular weight is 789 g/mol. The third-order valence-corrected chi connectivity index (χ3v) is 7.72. The molecule has 0 saturated heterocycles. The minimum atomic E-state index is -1.49. The van der Waals surface area contributed by atoms with Crippen LogP contribution in [0.15, 0.2) is 144 Å². The van der Waals surface area contributed by atoms with E-state index in [9.17, 15) is 0 Å².